The number of nitrogens with zero attached hydrogens (tertiary/aromatic N) is 5. The van der Waals surface area contributed by atoms with Gasteiger partial charge in [-0.3, -0.25) is 4.99 Å². The number of nitrogens with one attached hydrogen (secondary N) is 1. The molecule has 2 aromatic rings. The molecule has 1 aromatic heterocycles. The standard InChI is InChI=1S/C21H32N6/c1-18-7-6-8-20(17-18)26-13-15-27(16-14-26)21(22-3)24-9-4-5-11-25-12-10-23-19(25)2/h6-8,10,12,17H,4-5,9,11,13-16H2,1-3H3,(H,22,24). The molecule has 0 aliphatic carbocycles. The Morgan fingerprint density at radius 3 is 2.63 bits per heavy atom. The van der Waals surface area contributed by atoms with E-state index in [0.717, 1.165) is 63.9 Å². The zero-order valence-electron chi connectivity index (χ0n) is 16.9. The number of imidazole rings is 1. The summed E-state index contributed by atoms with van der Waals surface area (Å²) in [6.07, 6.45) is 6.18. The Morgan fingerprint density at radius 1 is 1.15 bits per heavy atom. The Balaban J connectivity index is 1.39. The number of guanidine groups is 1. The summed E-state index contributed by atoms with van der Waals surface area (Å²) in [6, 6.07) is 8.77. The van der Waals surface area contributed by atoms with Gasteiger partial charge in [0.05, 0.1) is 0 Å². The fourth-order valence-electron chi connectivity index (χ4n) is 3.58. The average molecular weight is 369 g/mol. The van der Waals surface area contributed by atoms with Crippen molar-refractivity contribution in [3.63, 3.8) is 0 Å². The topological polar surface area (TPSA) is 48.7 Å². The Labute approximate surface area is 162 Å². The lowest BCUT2D eigenvalue weighted by Crippen LogP contribution is -2.52. The summed E-state index contributed by atoms with van der Waals surface area (Å²) in [5.41, 5.74) is 2.64. The fraction of sp³-hybridized carbons (Fsp3) is 0.524. The third kappa shape index (κ3) is 5.25. The molecule has 6 nitrogen and oxygen atoms in total. The maximum Gasteiger partial charge on any atom is 0.193 e. The van der Waals surface area contributed by atoms with Gasteiger partial charge in [-0.2, -0.15) is 0 Å². The van der Waals surface area contributed by atoms with Gasteiger partial charge in [-0.05, 0) is 44.4 Å². The molecule has 1 aliphatic heterocycles. The van der Waals surface area contributed by atoms with E-state index in [-0.39, 0.29) is 0 Å². The molecule has 0 bridgehead atoms. The fourth-order valence-corrected chi connectivity index (χ4v) is 3.58. The zero-order chi connectivity index (χ0) is 19.1. The van der Waals surface area contributed by atoms with Crippen molar-refractivity contribution in [1.29, 1.82) is 0 Å². The van der Waals surface area contributed by atoms with Crippen molar-refractivity contribution in [1.82, 2.24) is 19.8 Å². The molecular weight excluding hydrogens is 336 g/mol. The molecule has 0 amide bonds. The number of piperazine rings is 1. The summed E-state index contributed by atoms with van der Waals surface area (Å²) in [6.45, 7) is 10.3. The number of aromatic nitrogens is 2. The van der Waals surface area contributed by atoms with Gasteiger partial charge in [0.15, 0.2) is 5.96 Å². The van der Waals surface area contributed by atoms with E-state index in [0.29, 0.717) is 0 Å². The number of hydrogen-bond acceptors (Lipinski definition) is 3. The van der Waals surface area contributed by atoms with Crippen LogP contribution in [0.15, 0.2) is 41.7 Å². The third-order valence-electron chi connectivity index (χ3n) is 5.19. The van der Waals surface area contributed by atoms with E-state index in [4.69, 9.17) is 0 Å². The van der Waals surface area contributed by atoms with Crippen LogP contribution >= 0.6 is 0 Å². The Hall–Kier alpha value is -2.50. The van der Waals surface area contributed by atoms with Gasteiger partial charge in [-0.25, -0.2) is 4.98 Å². The van der Waals surface area contributed by atoms with E-state index in [9.17, 15) is 0 Å². The summed E-state index contributed by atoms with van der Waals surface area (Å²) in [5.74, 6) is 2.11. The maximum atomic E-state index is 4.48. The second kappa shape index (κ2) is 9.44. The van der Waals surface area contributed by atoms with Crippen LogP contribution in [0.2, 0.25) is 0 Å². The monoisotopic (exact) mass is 368 g/mol. The van der Waals surface area contributed by atoms with E-state index in [1.165, 1.54) is 11.3 Å². The minimum absolute atomic E-state index is 0.957. The van der Waals surface area contributed by atoms with E-state index >= 15 is 0 Å². The first kappa shape index (κ1) is 19.3. The quantitative estimate of drug-likeness (QED) is 0.484. The maximum absolute atomic E-state index is 4.48. The van der Waals surface area contributed by atoms with Gasteiger partial charge in [-0.15, -0.1) is 0 Å². The van der Waals surface area contributed by atoms with E-state index in [1.807, 2.05) is 13.2 Å². The predicted octanol–water partition coefficient (Wildman–Crippen LogP) is 2.68. The van der Waals surface area contributed by atoms with Crippen LogP contribution in [0, 0.1) is 13.8 Å². The van der Waals surface area contributed by atoms with Crippen LogP contribution in [0.3, 0.4) is 0 Å². The molecule has 0 radical (unpaired) electrons. The number of anilines is 1. The van der Waals surface area contributed by atoms with E-state index in [1.54, 1.807) is 0 Å². The number of unbranched alkanes of at least 4 members (excludes halogenated alkanes) is 1. The Kier molecular flexibility index (Phi) is 6.74. The van der Waals surface area contributed by atoms with Crippen molar-refractivity contribution in [2.24, 2.45) is 4.99 Å². The predicted molar refractivity (Wildman–Crippen MR) is 113 cm³/mol. The van der Waals surface area contributed by atoms with Crippen molar-refractivity contribution in [2.45, 2.75) is 33.2 Å². The van der Waals surface area contributed by atoms with Crippen LogP contribution in [0.5, 0.6) is 0 Å². The lowest BCUT2D eigenvalue weighted by molar-refractivity contribution is 0.372. The molecule has 1 saturated heterocycles. The van der Waals surface area contributed by atoms with Crippen LogP contribution in [-0.4, -0.2) is 60.2 Å². The van der Waals surface area contributed by atoms with Crippen LogP contribution in [-0.2, 0) is 6.54 Å². The summed E-state index contributed by atoms with van der Waals surface area (Å²) < 4.78 is 2.21. The van der Waals surface area contributed by atoms with Crippen LogP contribution in [0.4, 0.5) is 5.69 Å². The van der Waals surface area contributed by atoms with Gasteiger partial charge >= 0.3 is 0 Å². The van der Waals surface area contributed by atoms with Crippen molar-refractivity contribution >= 4 is 11.6 Å². The average Bonchev–Trinajstić information content (AvgIpc) is 3.10. The molecule has 0 atom stereocenters. The molecule has 3 rings (SSSR count). The highest BCUT2D eigenvalue weighted by molar-refractivity contribution is 5.80. The first-order chi connectivity index (χ1) is 13.2. The van der Waals surface area contributed by atoms with Gasteiger partial charge < -0.3 is 19.7 Å². The number of rotatable bonds is 6. The molecule has 1 N–H and O–H groups in total. The van der Waals surface area contributed by atoms with Crippen LogP contribution < -0.4 is 10.2 Å². The number of aryl methyl sites for hydroxylation is 3. The Bertz CT molecular complexity index is 743. The second-order valence-corrected chi connectivity index (χ2v) is 7.16. The molecule has 1 fully saturated rings. The summed E-state index contributed by atoms with van der Waals surface area (Å²) in [7, 11) is 1.88. The van der Waals surface area contributed by atoms with Crippen molar-refractivity contribution in [2.75, 3.05) is 44.7 Å². The number of aliphatic imine (C=N–C) groups is 1. The Morgan fingerprint density at radius 2 is 1.96 bits per heavy atom. The van der Waals surface area contributed by atoms with Gasteiger partial charge in [0.2, 0.25) is 0 Å². The molecule has 2 heterocycles. The van der Waals surface area contributed by atoms with Crippen molar-refractivity contribution in [3.8, 4) is 0 Å². The zero-order valence-corrected chi connectivity index (χ0v) is 16.9. The third-order valence-corrected chi connectivity index (χ3v) is 5.19. The first-order valence-corrected chi connectivity index (χ1v) is 9.92. The highest BCUT2D eigenvalue weighted by Gasteiger charge is 2.19. The molecule has 0 unspecified atom stereocenters. The smallest absolute Gasteiger partial charge is 0.193 e. The van der Waals surface area contributed by atoms with Crippen LogP contribution in [0.1, 0.15) is 24.2 Å². The molecule has 1 aromatic carbocycles. The van der Waals surface area contributed by atoms with Gasteiger partial charge in [-0.1, -0.05) is 12.1 Å². The van der Waals surface area contributed by atoms with E-state index < -0.39 is 0 Å². The highest BCUT2D eigenvalue weighted by Crippen LogP contribution is 2.17. The minimum atomic E-state index is 0.957. The minimum Gasteiger partial charge on any atom is -0.368 e. The highest BCUT2D eigenvalue weighted by atomic mass is 15.3. The first-order valence-electron chi connectivity index (χ1n) is 9.92. The molecule has 27 heavy (non-hydrogen) atoms. The molecule has 146 valence electrons. The van der Waals surface area contributed by atoms with Crippen molar-refractivity contribution in [3.05, 3.63) is 48.0 Å². The molecule has 1 aliphatic rings. The molecular formula is C21H32N6. The van der Waals surface area contributed by atoms with Crippen LogP contribution in [0.25, 0.3) is 0 Å². The lowest BCUT2D eigenvalue weighted by Gasteiger charge is -2.37. The molecule has 6 heteroatoms. The van der Waals surface area contributed by atoms with Crippen molar-refractivity contribution < 1.29 is 0 Å². The van der Waals surface area contributed by atoms with Gasteiger partial charge in [0, 0.05) is 64.4 Å². The van der Waals surface area contributed by atoms with E-state index in [2.05, 4.69) is 74.0 Å². The lowest BCUT2D eigenvalue weighted by atomic mass is 10.2. The van der Waals surface area contributed by atoms with Gasteiger partial charge in [0.25, 0.3) is 0 Å². The largest absolute Gasteiger partial charge is 0.368 e. The summed E-state index contributed by atoms with van der Waals surface area (Å²) >= 11 is 0. The number of hydrogen-bond donors (Lipinski definition) is 1. The summed E-state index contributed by atoms with van der Waals surface area (Å²) in [4.78, 5) is 13.6. The SMILES string of the molecule is CN=C(NCCCCn1ccnc1C)N1CCN(c2cccc(C)c2)CC1. The second-order valence-electron chi connectivity index (χ2n) is 7.16. The van der Waals surface area contributed by atoms with Gasteiger partial charge in [0.1, 0.15) is 5.82 Å². The number of benzene rings is 1. The molecule has 0 spiro atoms. The summed E-state index contributed by atoms with van der Waals surface area (Å²) in [5, 5.41) is 3.53. The normalized spacial score (nSPS) is 15.3. The molecule has 0 saturated carbocycles.